The van der Waals surface area contributed by atoms with Crippen LogP contribution in [-0.4, -0.2) is 36.4 Å². The van der Waals surface area contributed by atoms with Crippen molar-refractivity contribution in [3.8, 4) is 5.75 Å². The Bertz CT molecular complexity index is 888. The van der Waals surface area contributed by atoms with Crippen LogP contribution in [0.15, 0.2) is 46.9 Å². The van der Waals surface area contributed by atoms with Gasteiger partial charge in [-0.25, -0.2) is 0 Å². The summed E-state index contributed by atoms with van der Waals surface area (Å²) in [4.78, 5) is 27.4. The summed E-state index contributed by atoms with van der Waals surface area (Å²) in [5.74, 6) is 1.39. The Hall–Kier alpha value is -2.34. The molecule has 2 amide bonds. The van der Waals surface area contributed by atoms with Gasteiger partial charge in [-0.05, 0) is 67.1 Å². The Morgan fingerprint density at radius 2 is 1.80 bits per heavy atom. The predicted molar refractivity (Wildman–Crippen MR) is 123 cm³/mol. The summed E-state index contributed by atoms with van der Waals surface area (Å²) < 4.78 is 6.61. The number of amides is 2. The zero-order valence-corrected chi connectivity index (χ0v) is 19.4. The number of nitrogens with one attached hydrogen (secondary N) is 1. The number of hydrogen-bond acceptors (Lipinski definition) is 3. The molecule has 0 bridgehead atoms. The van der Waals surface area contributed by atoms with Crippen molar-refractivity contribution in [3.05, 3.63) is 58.1 Å². The van der Waals surface area contributed by atoms with Gasteiger partial charge in [-0.1, -0.05) is 36.7 Å². The molecule has 1 heterocycles. The molecule has 1 fully saturated rings. The molecule has 0 spiro atoms. The van der Waals surface area contributed by atoms with Gasteiger partial charge in [-0.2, -0.15) is 0 Å². The average Bonchev–Trinajstić information content (AvgIpc) is 2.73. The van der Waals surface area contributed by atoms with Gasteiger partial charge in [0.05, 0.1) is 12.2 Å². The number of anilines is 1. The van der Waals surface area contributed by atoms with E-state index in [0.717, 1.165) is 30.4 Å². The smallest absolute Gasteiger partial charge is 0.259 e. The number of ether oxygens (including phenoxy) is 1. The maximum atomic E-state index is 12.8. The second-order valence-corrected chi connectivity index (χ2v) is 9.27. The third kappa shape index (κ3) is 5.85. The number of benzene rings is 2. The van der Waals surface area contributed by atoms with Crippen LogP contribution in [0.3, 0.4) is 0 Å². The summed E-state index contributed by atoms with van der Waals surface area (Å²) in [6.45, 7) is 8.50. The minimum absolute atomic E-state index is 0.0520. The first-order valence-corrected chi connectivity index (χ1v) is 11.3. The normalized spacial score (nSPS) is 14.6. The number of nitrogens with zero attached hydrogens (tertiary/aromatic N) is 1. The van der Waals surface area contributed by atoms with E-state index in [1.807, 2.05) is 11.0 Å². The van der Waals surface area contributed by atoms with Crippen molar-refractivity contribution >= 4 is 33.4 Å². The van der Waals surface area contributed by atoms with Crippen LogP contribution in [0.2, 0.25) is 0 Å². The lowest BCUT2D eigenvalue weighted by atomic mass is 9.98. The van der Waals surface area contributed by atoms with E-state index in [9.17, 15) is 9.59 Å². The van der Waals surface area contributed by atoms with E-state index in [1.54, 1.807) is 36.4 Å². The van der Waals surface area contributed by atoms with Crippen LogP contribution in [-0.2, 0) is 0 Å². The Balaban J connectivity index is 1.67. The van der Waals surface area contributed by atoms with E-state index in [4.69, 9.17) is 4.74 Å². The molecule has 30 heavy (non-hydrogen) atoms. The molecule has 5 nitrogen and oxygen atoms in total. The summed E-state index contributed by atoms with van der Waals surface area (Å²) in [5.41, 5.74) is 1.75. The fourth-order valence-corrected chi connectivity index (χ4v) is 3.71. The minimum Gasteiger partial charge on any atom is -0.492 e. The number of piperidine rings is 1. The van der Waals surface area contributed by atoms with Crippen molar-refractivity contribution in [3.63, 3.8) is 0 Å². The molecule has 0 aromatic heterocycles. The van der Waals surface area contributed by atoms with Crippen LogP contribution in [0.1, 0.15) is 54.3 Å². The van der Waals surface area contributed by atoms with Gasteiger partial charge in [-0.3, -0.25) is 9.59 Å². The van der Waals surface area contributed by atoms with Gasteiger partial charge >= 0.3 is 0 Å². The van der Waals surface area contributed by atoms with Gasteiger partial charge in [-0.15, -0.1) is 0 Å². The van der Waals surface area contributed by atoms with Crippen LogP contribution in [0.4, 0.5) is 5.69 Å². The number of rotatable bonds is 6. The third-order valence-corrected chi connectivity index (χ3v) is 5.71. The Morgan fingerprint density at radius 1 is 1.13 bits per heavy atom. The number of carbonyl (C=O) groups is 2. The van der Waals surface area contributed by atoms with Gasteiger partial charge in [0.15, 0.2) is 0 Å². The molecule has 0 aliphatic carbocycles. The van der Waals surface area contributed by atoms with Crippen molar-refractivity contribution in [2.75, 3.05) is 25.0 Å². The predicted octanol–water partition coefficient (Wildman–Crippen LogP) is 5.61. The maximum Gasteiger partial charge on any atom is 0.259 e. The van der Waals surface area contributed by atoms with Crippen LogP contribution in [0.25, 0.3) is 0 Å². The van der Waals surface area contributed by atoms with Gasteiger partial charge < -0.3 is 15.0 Å². The first-order valence-electron chi connectivity index (χ1n) is 10.5. The van der Waals surface area contributed by atoms with Crippen molar-refractivity contribution < 1.29 is 14.3 Å². The SMILES string of the molecule is CC(C)COc1ccc(Br)cc1C(=O)Nc1ccc(C(=O)N2CCC(C)CC2)cc1. The van der Waals surface area contributed by atoms with E-state index in [-0.39, 0.29) is 11.8 Å². The Labute approximate surface area is 186 Å². The van der Waals surface area contributed by atoms with Gasteiger partial charge in [0, 0.05) is 28.8 Å². The lowest BCUT2D eigenvalue weighted by molar-refractivity contribution is 0.0697. The zero-order valence-electron chi connectivity index (χ0n) is 17.8. The van der Waals surface area contributed by atoms with E-state index >= 15 is 0 Å². The standard InChI is InChI=1S/C24H29BrN2O3/c1-16(2)15-30-22-9-6-19(25)14-21(22)23(28)26-20-7-4-18(5-8-20)24(29)27-12-10-17(3)11-13-27/h4-9,14,16-17H,10-13,15H2,1-3H3,(H,26,28). The lowest BCUT2D eigenvalue weighted by Gasteiger charge is -2.30. The molecule has 1 aliphatic rings. The molecule has 0 unspecified atom stereocenters. The Morgan fingerprint density at radius 3 is 2.43 bits per heavy atom. The number of halogens is 1. The summed E-state index contributed by atoms with van der Waals surface area (Å²) in [7, 11) is 0. The van der Waals surface area contributed by atoms with Crippen molar-refractivity contribution in [2.24, 2.45) is 11.8 Å². The molecule has 0 radical (unpaired) electrons. The first kappa shape index (κ1) is 22.3. The van der Waals surface area contributed by atoms with E-state index in [0.29, 0.717) is 41.0 Å². The highest BCUT2D eigenvalue weighted by molar-refractivity contribution is 9.10. The van der Waals surface area contributed by atoms with E-state index in [1.165, 1.54) is 0 Å². The highest BCUT2D eigenvalue weighted by atomic mass is 79.9. The second kappa shape index (κ2) is 10.1. The monoisotopic (exact) mass is 472 g/mol. The summed E-state index contributed by atoms with van der Waals surface area (Å²) in [5, 5.41) is 2.90. The minimum atomic E-state index is -0.251. The highest BCUT2D eigenvalue weighted by Gasteiger charge is 2.21. The van der Waals surface area contributed by atoms with Crippen LogP contribution in [0.5, 0.6) is 5.75 Å². The maximum absolute atomic E-state index is 12.8. The molecule has 6 heteroatoms. The molecule has 3 rings (SSSR count). The average molecular weight is 473 g/mol. The molecule has 160 valence electrons. The largest absolute Gasteiger partial charge is 0.492 e. The molecule has 2 aromatic carbocycles. The van der Waals surface area contributed by atoms with Gasteiger partial charge in [0.25, 0.3) is 11.8 Å². The number of likely N-dealkylation sites (tertiary alicyclic amines) is 1. The second-order valence-electron chi connectivity index (χ2n) is 8.35. The number of hydrogen-bond donors (Lipinski definition) is 1. The molecule has 1 aliphatic heterocycles. The molecular weight excluding hydrogens is 444 g/mol. The van der Waals surface area contributed by atoms with Crippen LogP contribution >= 0.6 is 15.9 Å². The van der Waals surface area contributed by atoms with Crippen molar-refractivity contribution in [1.29, 1.82) is 0 Å². The fourth-order valence-electron chi connectivity index (χ4n) is 3.35. The fraction of sp³-hybridized carbons (Fsp3) is 0.417. The van der Waals surface area contributed by atoms with Gasteiger partial charge in [0.2, 0.25) is 0 Å². The summed E-state index contributed by atoms with van der Waals surface area (Å²) in [6.07, 6.45) is 2.10. The molecular formula is C24H29BrN2O3. The molecule has 2 aromatic rings. The van der Waals surface area contributed by atoms with E-state index < -0.39 is 0 Å². The quantitative estimate of drug-likeness (QED) is 0.594. The molecule has 1 saturated heterocycles. The summed E-state index contributed by atoms with van der Waals surface area (Å²) >= 11 is 3.42. The van der Waals surface area contributed by atoms with Crippen molar-refractivity contribution in [1.82, 2.24) is 4.90 Å². The molecule has 1 N–H and O–H groups in total. The molecule has 0 saturated carbocycles. The van der Waals surface area contributed by atoms with E-state index in [2.05, 4.69) is 42.0 Å². The van der Waals surface area contributed by atoms with Crippen molar-refractivity contribution in [2.45, 2.75) is 33.6 Å². The van der Waals surface area contributed by atoms with Crippen LogP contribution in [0, 0.1) is 11.8 Å². The first-order chi connectivity index (χ1) is 14.3. The van der Waals surface area contributed by atoms with Gasteiger partial charge in [0.1, 0.15) is 5.75 Å². The lowest BCUT2D eigenvalue weighted by Crippen LogP contribution is -2.37. The highest BCUT2D eigenvalue weighted by Crippen LogP contribution is 2.25. The van der Waals surface area contributed by atoms with Crippen LogP contribution < -0.4 is 10.1 Å². The zero-order chi connectivity index (χ0) is 21.7. The topological polar surface area (TPSA) is 58.6 Å². The molecule has 0 atom stereocenters. The number of carbonyl (C=O) groups excluding carboxylic acids is 2. The Kier molecular flexibility index (Phi) is 7.53. The summed E-state index contributed by atoms with van der Waals surface area (Å²) in [6, 6.07) is 12.5. The third-order valence-electron chi connectivity index (χ3n) is 5.22.